The summed E-state index contributed by atoms with van der Waals surface area (Å²) < 4.78 is 29.3. The van der Waals surface area contributed by atoms with Gasteiger partial charge in [0.15, 0.2) is 0 Å². The first-order valence-corrected chi connectivity index (χ1v) is 13.1. The van der Waals surface area contributed by atoms with Crippen molar-refractivity contribution in [2.75, 3.05) is 16.8 Å². The number of carbonyl (C=O) groups is 2. The van der Waals surface area contributed by atoms with Gasteiger partial charge >= 0.3 is 0 Å². The van der Waals surface area contributed by atoms with Gasteiger partial charge in [0.25, 0.3) is 0 Å². The molecule has 1 aliphatic rings. The average Bonchev–Trinajstić information content (AvgIpc) is 3.27. The number of carbonyl (C=O) groups excluding carboxylic acids is 2. The second-order valence-corrected chi connectivity index (χ2v) is 10.4. The van der Waals surface area contributed by atoms with Gasteiger partial charge in [-0.2, -0.15) is 4.72 Å². The second-order valence-electron chi connectivity index (χ2n) is 8.66. The van der Waals surface area contributed by atoms with E-state index in [2.05, 4.69) is 10.0 Å². The number of hydrogen-bond acceptors (Lipinski definition) is 4. The van der Waals surface area contributed by atoms with Gasteiger partial charge in [0.1, 0.15) is 6.04 Å². The molecule has 0 aromatic heterocycles. The fourth-order valence-corrected chi connectivity index (χ4v) is 5.49. The highest BCUT2D eigenvalue weighted by molar-refractivity contribution is 7.89. The summed E-state index contributed by atoms with van der Waals surface area (Å²) in [6, 6.07) is 20.4. The van der Waals surface area contributed by atoms with E-state index in [0.717, 1.165) is 22.4 Å². The molecule has 7 nitrogen and oxygen atoms in total. The fraction of sp³-hybridized carbons (Fsp3) is 0.259. The lowest BCUT2D eigenvalue weighted by Gasteiger charge is -2.20. The molecular weight excluding hydrogens is 462 g/mol. The number of nitrogens with zero attached hydrogens (tertiary/aromatic N) is 1. The van der Waals surface area contributed by atoms with E-state index in [-0.39, 0.29) is 17.2 Å². The van der Waals surface area contributed by atoms with Gasteiger partial charge in [-0.1, -0.05) is 49.4 Å². The minimum Gasteiger partial charge on any atom is -0.325 e. The maximum atomic E-state index is 13.3. The number of nitrogens with one attached hydrogen (secondary N) is 2. The van der Waals surface area contributed by atoms with Gasteiger partial charge in [0.2, 0.25) is 21.8 Å². The van der Waals surface area contributed by atoms with E-state index in [4.69, 9.17) is 0 Å². The van der Waals surface area contributed by atoms with E-state index in [1.54, 1.807) is 30.0 Å². The Bertz CT molecular complexity index is 1340. The fourth-order valence-electron chi connectivity index (χ4n) is 4.24. The Labute approximate surface area is 206 Å². The van der Waals surface area contributed by atoms with Crippen molar-refractivity contribution in [3.8, 4) is 0 Å². The Hall–Kier alpha value is -3.49. The average molecular weight is 492 g/mol. The highest BCUT2D eigenvalue weighted by Crippen LogP contribution is 2.30. The molecule has 0 saturated carbocycles. The highest BCUT2D eigenvalue weighted by Gasteiger charge is 2.29. The van der Waals surface area contributed by atoms with Crippen LogP contribution in [0.15, 0.2) is 77.7 Å². The van der Waals surface area contributed by atoms with Crippen molar-refractivity contribution >= 4 is 33.2 Å². The largest absolute Gasteiger partial charge is 0.325 e. The number of amides is 2. The molecule has 4 rings (SSSR count). The Morgan fingerprint density at radius 3 is 2.49 bits per heavy atom. The smallest absolute Gasteiger partial charge is 0.242 e. The third-order valence-corrected chi connectivity index (χ3v) is 7.51. The van der Waals surface area contributed by atoms with Crippen LogP contribution in [0.2, 0.25) is 0 Å². The topological polar surface area (TPSA) is 95.6 Å². The maximum Gasteiger partial charge on any atom is 0.242 e. The van der Waals surface area contributed by atoms with Crippen LogP contribution in [0.25, 0.3) is 0 Å². The molecule has 1 atom stereocenters. The molecule has 0 bridgehead atoms. The summed E-state index contributed by atoms with van der Waals surface area (Å²) in [5.74, 6) is -0.433. The van der Waals surface area contributed by atoms with Crippen LogP contribution in [0.1, 0.15) is 30.0 Å². The Morgan fingerprint density at radius 1 is 1.00 bits per heavy atom. The number of sulfonamides is 1. The van der Waals surface area contributed by atoms with Gasteiger partial charge in [0, 0.05) is 24.3 Å². The molecule has 0 spiro atoms. The zero-order valence-corrected chi connectivity index (χ0v) is 20.6. The third kappa shape index (κ3) is 5.78. The number of fused-ring (bicyclic) bond motifs is 1. The van der Waals surface area contributed by atoms with E-state index in [9.17, 15) is 18.0 Å². The molecule has 35 heavy (non-hydrogen) atoms. The van der Waals surface area contributed by atoms with Crippen LogP contribution in [0.5, 0.6) is 0 Å². The quantitative estimate of drug-likeness (QED) is 0.501. The molecule has 0 saturated heterocycles. The number of hydrogen-bond donors (Lipinski definition) is 2. The molecule has 0 radical (unpaired) electrons. The van der Waals surface area contributed by atoms with Gasteiger partial charge in [-0.05, 0) is 66.8 Å². The monoisotopic (exact) mass is 491 g/mol. The van der Waals surface area contributed by atoms with E-state index < -0.39 is 22.0 Å². The van der Waals surface area contributed by atoms with Crippen molar-refractivity contribution in [3.05, 3.63) is 89.5 Å². The number of rotatable bonds is 8. The molecule has 2 N–H and O–H groups in total. The number of aryl methyl sites for hydroxylation is 1. The summed E-state index contributed by atoms with van der Waals surface area (Å²) in [6.45, 7) is 4.26. The van der Waals surface area contributed by atoms with Crippen LogP contribution >= 0.6 is 0 Å². The van der Waals surface area contributed by atoms with Crippen molar-refractivity contribution in [3.63, 3.8) is 0 Å². The Kier molecular flexibility index (Phi) is 7.33. The second kappa shape index (κ2) is 10.4. The predicted octanol–water partition coefficient (Wildman–Crippen LogP) is 3.82. The van der Waals surface area contributed by atoms with Gasteiger partial charge in [-0.3, -0.25) is 9.59 Å². The Morgan fingerprint density at radius 2 is 1.77 bits per heavy atom. The first-order chi connectivity index (χ1) is 16.8. The third-order valence-electron chi connectivity index (χ3n) is 6.04. The first kappa shape index (κ1) is 24.6. The highest BCUT2D eigenvalue weighted by atomic mass is 32.2. The van der Waals surface area contributed by atoms with E-state index in [1.807, 2.05) is 55.5 Å². The molecule has 182 valence electrons. The summed E-state index contributed by atoms with van der Waals surface area (Å²) in [5, 5.41) is 2.83. The van der Waals surface area contributed by atoms with Crippen LogP contribution in [0.4, 0.5) is 11.4 Å². The summed E-state index contributed by atoms with van der Waals surface area (Å²) >= 11 is 0. The normalized spacial score (nSPS) is 13.8. The van der Waals surface area contributed by atoms with Crippen LogP contribution in [0, 0.1) is 6.92 Å². The van der Waals surface area contributed by atoms with E-state index in [1.165, 1.54) is 6.07 Å². The molecule has 1 heterocycles. The summed E-state index contributed by atoms with van der Waals surface area (Å²) in [6.07, 6.45) is 1.17. The summed E-state index contributed by atoms with van der Waals surface area (Å²) in [4.78, 5) is 27.1. The zero-order chi connectivity index (χ0) is 25.0. The molecular formula is C27H29N3O4S. The standard InChI is InChI=1S/C27H29N3O4S/c1-3-26(31)30-15-14-21-18-23(12-13-25(21)30)35(33,34)29-24(17-20-9-5-4-6-10-20)27(32)28-22-11-7-8-19(2)16-22/h4-13,16,18,24,29H,3,14-15,17H2,1-2H3,(H,28,32). The molecule has 2 amide bonds. The SMILES string of the molecule is CCC(=O)N1CCc2cc(S(=O)(=O)NC(Cc3ccccc3)C(=O)Nc3cccc(C)c3)ccc21. The van der Waals surface area contributed by atoms with Crippen molar-refractivity contribution in [1.29, 1.82) is 0 Å². The summed E-state index contributed by atoms with van der Waals surface area (Å²) in [5.41, 5.74) is 3.97. The predicted molar refractivity (Wildman–Crippen MR) is 137 cm³/mol. The summed E-state index contributed by atoms with van der Waals surface area (Å²) in [7, 11) is -4.00. The Balaban J connectivity index is 1.59. The minimum absolute atomic E-state index is 0.00762. The number of benzene rings is 3. The van der Waals surface area contributed by atoms with E-state index in [0.29, 0.717) is 25.1 Å². The van der Waals surface area contributed by atoms with Crippen LogP contribution in [0.3, 0.4) is 0 Å². The lowest BCUT2D eigenvalue weighted by Crippen LogP contribution is -2.45. The molecule has 1 aliphatic heterocycles. The van der Waals surface area contributed by atoms with E-state index >= 15 is 0 Å². The molecule has 3 aromatic rings. The van der Waals surface area contributed by atoms with Crippen LogP contribution in [-0.2, 0) is 32.5 Å². The lowest BCUT2D eigenvalue weighted by molar-refractivity contribution is -0.118. The zero-order valence-electron chi connectivity index (χ0n) is 19.8. The van der Waals surface area contributed by atoms with Gasteiger partial charge in [-0.15, -0.1) is 0 Å². The first-order valence-electron chi connectivity index (χ1n) is 11.6. The van der Waals surface area contributed by atoms with Crippen molar-refractivity contribution in [2.45, 2.75) is 44.0 Å². The van der Waals surface area contributed by atoms with Crippen molar-refractivity contribution in [1.82, 2.24) is 4.72 Å². The van der Waals surface area contributed by atoms with Gasteiger partial charge in [0.05, 0.1) is 4.90 Å². The van der Waals surface area contributed by atoms with Crippen LogP contribution < -0.4 is 14.9 Å². The molecule has 0 fully saturated rings. The van der Waals surface area contributed by atoms with Crippen molar-refractivity contribution < 1.29 is 18.0 Å². The number of anilines is 2. The maximum absolute atomic E-state index is 13.3. The molecule has 1 unspecified atom stereocenters. The van der Waals surface area contributed by atoms with Crippen molar-refractivity contribution in [2.24, 2.45) is 0 Å². The van der Waals surface area contributed by atoms with Gasteiger partial charge < -0.3 is 10.2 Å². The van der Waals surface area contributed by atoms with Gasteiger partial charge in [-0.25, -0.2) is 8.42 Å². The molecule has 8 heteroatoms. The molecule has 0 aliphatic carbocycles. The minimum atomic E-state index is -4.00. The molecule has 3 aromatic carbocycles. The lowest BCUT2D eigenvalue weighted by atomic mass is 10.1. The van der Waals surface area contributed by atoms with Crippen LogP contribution in [-0.4, -0.2) is 32.8 Å².